The second kappa shape index (κ2) is 10.7. The Morgan fingerprint density at radius 2 is 2.00 bits per heavy atom. The topological polar surface area (TPSA) is 112 Å². The largest absolute Gasteiger partial charge is 0.496 e. The number of methoxy groups -OCH3 is 1. The average Bonchev–Trinajstić information content (AvgIpc) is 3.13. The van der Waals surface area contributed by atoms with Crippen molar-refractivity contribution in [1.82, 2.24) is 19.8 Å². The molecule has 3 aromatic rings. The van der Waals surface area contributed by atoms with Gasteiger partial charge >= 0.3 is 5.69 Å². The van der Waals surface area contributed by atoms with Crippen molar-refractivity contribution >= 4 is 5.71 Å². The minimum Gasteiger partial charge on any atom is -0.496 e. The van der Waals surface area contributed by atoms with Crippen molar-refractivity contribution in [3.05, 3.63) is 75.8 Å². The minimum absolute atomic E-state index is 0.171. The first kappa shape index (κ1) is 23.9. The van der Waals surface area contributed by atoms with E-state index in [0.29, 0.717) is 34.4 Å². The molecule has 0 atom stereocenters. The van der Waals surface area contributed by atoms with Crippen molar-refractivity contribution in [3.8, 4) is 17.2 Å². The van der Waals surface area contributed by atoms with Crippen LogP contribution < -0.4 is 20.5 Å². The smallest absolute Gasteiger partial charge is 0.368 e. The zero-order valence-electron chi connectivity index (χ0n) is 19.7. The Labute approximate surface area is 193 Å². The van der Waals surface area contributed by atoms with Gasteiger partial charge in [0, 0.05) is 24.6 Å². The fraction of sp³-hybridized carbons (Fsp3) is 0.333. The Kier molecular flexibility index (Phi) is 7.78. The van der Waals surface area contributed by atoms with Crippen LogP contribution in [-0.2, 0) is 13.7 Å². The van der Waals surface area contributed by atoms with E-state index in [-0.39, 0.29) is 12.3 Å². The summed E-state index contributed by atoms with van der Waals surface area (Å²) in [6, 6.07) is 11.0. The van der Waals surface area contributed by atoms with Crippen LogP contribution >= 0.6 is 0 Å². The number of hydrogen-bond donors (Lipinski definition) is 2. The minimum atomic E-state index is -0.359. The highest BCUT2D eigenvalue weighted by atomic mass is 16.5. The van der Waals surface area contributed by atoms with E-state index in [1.807, 2.05) is 37.4 Å². The summed E-state index contributed by atoms with van der Waals surface area (Å²) >= 11 is 0. The standard InChI is InChI=1S/C24H30N6O3/c1-16(2)14-26-12-11-20(25)18-9-10-22(17(3)13-18)33-15-19-21(7-6-8-23(19)32-5)30-24(31)29(4)27-28-30/h6-13,16,25-26H,14-15H2,1-5H3/p+1. The van der Waals surface area contributed by atoms with Gasteiger partial charge in [0.1, 0.15) is 18.1 Å². The quantitative estimate of drug-likeness (QED) is 0.458. The molecule has 0 radical (unpaired) electrons. The summed E-state index contributed by atoms with van der Waals surface area (Å²) in [5, 5.41) is 18.1. The third-order valence-corrected chi connectivity index (χ3v) is 5.14. The fourth-order valence-electron chi connectivity index (χ4n) is 3.29. The molecule has 1 aromatic heterocycles. The van der Waals surface area contributed by atoms with Gasteiger partial charge in [0.15, 0.2) is 0 Å². The Balaban J connectivity index is 1.78. The molecule has 3 N–H and O–H groups in total. The molecule has 174 valence electrons. The lowest BCUT2D eigenvalue weighted by molar-refractivity contribution is -0.593. The average molecular weight is 452 g/mol. The number of aromatic nitrogens is 4. The molecule has 3 rings (SSSR count). The van der Waals surface area contributed by atoms with E-state index in [2.05, 4.69) is 29.6 Å². The first-order chi connectivity index (χ1) is 15.8. The van der Waals surface area contributed by atoms with Gasteiger partial charge in [-0.25, -0.2) is 4.79 Å². The summed E-state index contributed by atoms with van der Waals surface area (Å²) in [7, 11) is 3.11. The van der Waals surface area contributed by atoms with Gasteiger partial charge in [0.25, 0.3) is 0 Å². The Morgan fingerprint density at radius 3 is 2.64 bits per heavy atom. The van der Waals surface area contributed by atoms with Gasteiger partial charge in [-0.1, -0.05) is 19.9 Å². The SMILES string of the molecule is COc1cccc(-n2nnn(C)c2=O)c1COc1ccc(C(=N)C=C[NH2+]CC(C)C)cc1C. The highest BCUT2D eigenvalue weighted by molar-refractivity contribution is 6.06. The van der Waals surface area contributed by atoms with Crippen LogP contribution in [0.4, 0.5) is 0 Å². The van der Waals surface area contributed by atoms with Crippen molar-refractivity contribution < 1.29 is 14.8 Å². The summed E-state index contributed by atoms with van der Waals surface area (Å²) < 4.78 is 14.0. The van der Waals surface area contributed by atoms with E-state index < -0.39 is 0 Å². The zero-order chi connectivity index (χ0) is 24.0. The normalized spacial score (nSPS) is 11.3. The highest BCUT2D eigenvalue weighted by Crippen LogP contribution is 2.27. The lowest BCUT2D eigenvalue weighted by atomic mass is 10.1. The van der Waals surface area contributed by atoms with E-state index in [4.69, 9.17) is 14.9 Å². The number of allylic oxidation sites excluding steroid dienone is 1. The predicted octanol–water partition coefficient (Wildman–Crippen LogP) is 1.96. The number of nitrogens with zero attached hydrogens (tertiary/aromatic N) is 4. The van der Waals surface area contributed by atoms with Crippen molar-refractivity contribution in [2.45, 2.75) is 27.4 Å². The zero-order valence-corrected chi connectivity index (χ0v) is 19.7. The summed E-state index contributed by atoms with van der Waals surface area (Å²) in [5.74, 6) is 1.87. The molecule has 0 amide bonds. The summed E-state index contributed by atoms with van der Waals surface area (Å²) in [6.07, 6.45) is 3.73. The van der Waals surface area contributed by atoms with Gasteiger partial charge in [-0.05, 0) is 53.2 Å². The molecular weight excluding hydrogens is 420 g/mol. The third kappa shape index (κ3) is 5.75. The maximum absolute atomic E-state index is 12.4. The molecule has 0 aliphatic heterocycles. The molecule has 0 unspecified atom stereocenters. The Bertz CT molecular complexity index is 1210. The van der Waals surface area contributed by atoms with Crippen LogP contribution in [0.5, 0.6) is 11.5 Å². The van der Waals surface area contributed by atoms with Crippen LogP contribution in [0.3, 0.4) is 0 Å². The molecule has 0 saturated carbocycles. The van der Waals surface area contributed by atoms with Crippen molar-refractivity contribution in [2.75, 3.05) is 13.7 Å². The molecular formula is C24H31N6O3+. The summed E-state index contributed by atoms with van der Waals surface area (Å²) in [4.78, 5) is 12.4. The van der Waals surface area contributed by atoms with Crippen LogP contribution in [0.25, 0.3) is 5.69 Å². The number of quaternary nitrogens is 1. The molecule has 1 heterocycles. The molecule has 0 aliphatic rings. The molecule has 0 saturated heterocycles. The first-order valence-corrected chi connectivity index (χ1v) is 10.8. The van der Waals surface area contributed by atoms with Gasteiger partial charge in [0.05, 0.1) is 36.8 Å². The second-order valence-corrected chi connectivity index (χ2v) is 8.16. The van der Waals surface area contributed by atoms with Gasteiger partial charge in [-0.2, -0.15) is 9.36 Å². The van der Waals surface area contributed by atoms with Gasteiger partial charge in [-0.15, -0.1) is 0 Å². The number of tetrazole rings is 1. The lowest BCUT2D eigenvalue weighted by Gasteiger charge is -2.15. The lowest BCUT2D eigenvalue weighted by Crippen LogP contribution is -2.79. The molecule has 9 heteroatoms. The summed E-state index contributed by atoms with van der Waals surface area (Å²) in [6.45, 7) is 7.43. The Morgan fingerprint density at radius 1 is 1.21 bits per heavy atom. The van der Waals surface area contributed by atoms with Crippen molar-refractivity contribution in [2.24, 2.45) is 13.0 Å². The fourth-order valence-corrected chi connectivity index (χ4v) is 3.29. The number of nitrogens with two attached hydrogens (primary N) is 1. The number of nitrogens with one attached hydrogen (secondary N) is 1. The number of aryl methyl sites for hydroxylation is 2. The van der Waals surface area contributed by atoms with Crippen LogP contribution in [0.2, 0.25) is 0 Å². The van der Waals surface area contributed by atoms with Crippen LogP contribution in [0, 0.1) is 18.3 Å². The first-order valence-electron chi connectivity index (χ1n) is 10.8. The maximum atomic E-state index is 12.4. The van der Waals surface area contributed by atoms with E-state index in [0.717, 1.165) is 22.4 Å². The molecule has 9 nitrogen and oxygen atoms in total. The molecule has 0 spiro atoms. The molecule has 2 aromatic carbocycles. The van der Waals surface area contributed by atoms with E-state index in [9.17, 15) is 4.79 Å². The van der Waals surface area contributed by atoms with Gasteiger partial charge in [-0.3, -0.25) is 0 Å². The highest BCUT2D eigenvalue weighted by Gasteiger charge is 2.16. The van der Waals surface area contributed by atoms with Crippen LogP contribution in [0.15, 0.2) is 53.5 Å². The Hall–Kier alpha value is -3.72. The maximum Gasteiger partial charge on any atom is 0.368 e. The van der Waals surface area contributed by atoms with Gasteiger partial charge in [0.2, 0.25) is 0 Å². The second-order valence-electron chi connectivity index (χ2n) is 8.16. The summed E-state index contributed by atoms with van der Waals surface area (Å²) in [5.41, 5.74) is 3.04. The van der Waals surface area contributed by atoms with Gasteiger partial charge < -0.3 is 20.2 Å². The number of ether oxygens (including phenoxy) is 2. The van der Waals surface area contributed by atoms with Crippen molar-refractivity contribution in [3.63, 3.8) is 0 Å². The molecule has 33 heavy (non-hydrogen) atoms. The third-order valence-electron chi connectivity index (χ3n) is 5.14. The number of hydrogen-bond acceptors (Lipinski definition) is 6. The predicted molar refractivity (Wildman–Crippen MR) is 126 cm³/mol. The van der Waals surface area contributed by atoms with E-state index in [1.54, 1.807) is 32.4 Å². The number of rotatable bonds is 10. The van der Waals surface area contributed by atoms with E-state index >= 15 is 0 Å². The molecule has 0 bridgehead atoms. The van der Waals surface area contributed by atoms with Crippen molar-refractivity contribution in [1.29, 1.82) is 5.41 Å². The van der Waals surface area contributed by atoms with E-state index in [1.165, 1.54) is 4.68 Å². The van der Waals surface area contributed by atoms with Crippen LogP contribution in [0.1, 0.15) is 30.5 Å². The molecule has 0 aliphatic carbocycles. The van der Waals surface area contributed by atoms with Crippen LogP contribution in [-0.4, -0.2) is 39.2 Å². The monoisotopic (exact) mass is 451 g/mol. The molecule has 0 fully saturated rings. The number of benzene rings is 2.